The molecule has 3 N–H and O–H groups in total. The molecule has 0 rings (SSSR count). The minimum absolute atomic E-state index is 0.0188. The fraction of sp³-hybridized carbons (Fsp3) is 0.938. The molecule has 0 heterocycles. The largest absolute Gasteiger partial charge is 0.466 e. The first-order valence-corrected chi connectivity index (χ1v) is 31.9. The van der Waals surface area contributed by atoms with E-state index in [-0.39, 0.29) is 18.5 Å². The van der Waals surface area contributed by atoms with Crippen molar-refractivity contribution in [1.29, 1.82) is 0 Å². The first kappa shape index (κ1) is 68.6. The molecule has 0 bridgehead atoms. The number of amides is 1. The highest BCUT2D eigenvalue weighted by atomic mass is 16.5. The van der Waals surface area contributed by atoms with Crippen LogP contribution in [0.25, 0.3) is 0 Å². The van der Waals surface area contributed by atoms with Crippen molar-refractivity contribution in [1.82, 2.24) is 5.32 Å². The highest BCUT2D eigenvalue weighted by molar-refractivity contribution is 5.76. The Hall–Kier alpha value is -1.40. The van der Waals surface area contributed by atoms with Gasteiger partial charge in [0.05, 0.1) is 25.4 Å². The van der Waals surface area contributed by atoms with Gasteiger partial charge >= 0.3 is 5.97 Å². The van der Waals surface area contributed by atoms with E-state index in [1.54, 1.807) is 0 Å². The number of unbranched alkanes of at least 4 members (excludes halogenated alkanes) is 47. The molecule has 0 radical (unpaired) electrons. The molecular weight excluding hydrogens is 863 g/mol. The lowest BCUT2D eigenvalue weighted by Gasteiger charge is -2.22. The summed E-state index contributed by atoms with van der Waals surface area (Å²) in [6.07, 6.45) is 72.5. The fourth-order valence-electron chi connectivity index (χ4n) is 10.2. The van der Waals surface area contributed by atoms with Crippen LogP contribution in [0.2, 0.25) is 0 Å². The molecule has 0 aromatic heterocycles. The number of hydrogen-bond donors (Lipinski definition) is 3. The fourth-order valence-corrected chi connectivity index (χ4v) is 10.2. The summed E-state index contributed by atoms with van der Waals surface area (Å²) in [5.74, 6) is -0.0140. The Kier molecular flexibility index (Phi) is 59.0. The first-order chi connectivity index (χ1) is 34.5. The number of hydrogen-bond acceptors (Lipinski definition) is 5. The second kappa shape index (κ2) is 60.2. The molecule has 0 aromatic rings. The van der Waals surface area contributed by atoms with Crippen molar-refractivity contribution in [3.05, 3.63) is 12.2 Å². The lowest BCUT2D eigenvalue weighted by atomic mass is 10.0. The molecule has 416 valence electrons. The van der Waals surface area contributed by atoms with Gasteiger partial charge in [-0.15, -0.1) is 0 Å². The van der Waals surface area contributed by atoms with Crippen molar-refractivity contribution in [2.24, 2.45) is 0 Å². The smallest absolute Gasteiger partial charge is 0.305 e. The summed E-state index contributed by atoms with van der Waals surface area (Å²) in [6, 6.07) is -0.537. The lowest BCUT2D eigenvalue weighted by molar-refractivity contribution is -0.143. The second-order valence-corrected chi connectivity index (χ2v) is 22.1. The van der Waals surface area contributed by atoms with Crippen LogP contribution in [0.3, 0.4) is 0 Å². The summed E-state index contributed by atoms with van der Waals surface area (Å²) in [5.41, 5.74) is 0. The van der Waals surface area contributed by atoms with Crippen molar-refractivity contribution >= 4 is 11.9 Å². The minimum Gasteiger partial charge on any atom is -0.466 e. The Labute approximate surface area is 438 Å². The van der Waals surface area contributed by atoms with E-state index >= 15 is 0 Å². The molecule has 0 aliphatic heterocycles. The molecule has 2 atom stereocenters. The van der Waals surface area contributed by atoms with Crippen molar-refractivity contribution in [3.8, 4) is 0 Å². The molecule has 0 aliphatic carbocycles. The van der Waals surface area contributed by atoms with E-state index in [0.29, 0.717) is 25.9 Å². The summed E-state index contributed by atoms with van der Waals surface area (Å²) < 4.78 is 5.48. The van der Waals surface area contributed by atoms with E-state index in [0.717, 1.165) is 38.5 Å². The van der Waals surface area contributed by atoms with Gasteiger partial charge < -0.3 is 20.3 Å². The van der Waals surface area contributed by atoms with E-state index in [2.05, 4.69) is 31.3 Å². The van der Waals surface area contributed by atoms with Gasteiger partial charge in [-0.05, 0) is 51.4 Å². The molecule has 0 fully saturated rings. The maximum atomic E-state index is 12.4. The minimum atomic E-state index is -0.660. The van der Waals surface area contributed by atoms with Gasteiger partial charge in [-0.2, -0.15) is 0 Å². The Morgan fingerprint density at radius 3 is 1.01 bits per heavy atom. The number of nitrogens with one attached hydrogen (secondary N) is 1. The number of carbonyl (C=O) groups excluding carboxylic acids is 2. The van der Waals surface area contributed by atoms with Gasteiger partial charge in [-0.1, -0.05) is 309 Å². The van der Waals surface area contributed by atoms with Gasteiger partial charge in [0.1, 0.15) is 0 Å². The Bertz CT molecular complexity index is 1050. The maximum Gasteiger partial charge on any atom is 0.305 e. The molecule has 0 saturated heterocycles. The molecule has 1 amide bonds. The van der Waals surface area contributed by atoms with Crippen LogP contribution in [0.4, 0.5) is 0 Å². The molecule has 6 nitrogen and oxygen atoms in total. The van der Waals surface area contributed by atoms with Gasteiger partial charge in [0.2, 0.25) is 5.91 Å². The van der Waals surface area contributed by atoms with Crippen LogP contribution < -0.4 is 5.32 Å². The Balaban J connectivity index is 3.32. The van der Waals surface area contributed by atoms with Crippen LogP contribution in [0.15, 0.2) is 12.2 Å². The Morgan fingerprint density at radius 2 is 0.671 bits per heavy atom. The summed E-state index contributed by atoms with van der Waals surface area (Å²) in [4.78, 5) is 24.4. The van der Waals surface area contributed by atoms with Crippen molar-refractivity contribution in [3.63, 3.8) is 0 Å². The van der Waals surface area contributed by atoms with E-state index in [4.69, 9.17) is 4.74 Å². The zero-order valence-electron chi connectivity index (χ0n) is 47.5. The SMILES string of the molecule is CCCCCCCCCCCCCCC(=O)OCCCCCCCCCCCCCC/C=C\CCCCCCCCCCCCCCCCCC(=O)NC(CO)C(O)CCCCCCCCCCCC. The van der Waals surface area contributed by atoms with Gasteiger partial charge in [0.15, 0.2) is 0 Å². The number of aliphatic hydroxyl groups is 2. The predicted octanol–water partition coefficient (Wildman–Crippen LogP) is 20.0. The van der Waals surface area contributed by atoms with E-state index in [1.807, 2.05) is 0 Å². The lowest BCUT2D eigenvalue weighted by Crippen LogP contribution is -2.45. The van der Waals surface area contributed by atoms with E-state index in [1.165, 1.54) is 289 Å². The first-order valence-electron chi connectivity index (χ1n) is 31.9. The van der Waals surface area contributed by atoms with Gasteiger partial charge in [0.25, 0.3) is 0 Å². The number of carbonyl (C=O) groups is 2. The van der Waals surface area contributed by atoms with Gasteiger partial charge in [0, 0.05) is 12.8 Å². The van der Waals surface area contributed by atoms with Crippen LogP contribution in [-0.4, -0.2) is 47.4 Å². The Morgan fingerprint density at radius 1 is 0.386 bits per heavy atom. The molecule has 0 spiro atoms. The zero-order chi connectivity index (χ0) is 50.7. The molecule has 70 heavy (non-hydrogen) atoms. The molecular formula is C64H125NO5. The summed E-state index contributed by atoms with van der Waals surface area (Å²) in [7, 11) is 0. The maximum absolute atomic E-state index is 12.4. The third-order valence-corrected chi connectivity index (χ3v) is 15.1. The monoisotopic (exact) mass is 988 g/mol. The third-order valence-electron chi connectivity index (χ3n) is 15.1. The van der Waals surface area contributed by atoms with Crippen molar-refractivity contribution in [2.45, 2.75) is 373 Å². The van der Waals surface area contributed by atoms with Crippen LogP contribution >= 0.6 is 0 Å². The number of esters is 1. The third kappa shape index (κ3) is 55.9. The molecule has 6 heteroatoms. The normalized spacial score (nSPS) is 12.6. The number of ether oxygens (including phenoxy) is 1. The van der Waals surface area contributed by atoms with Crippen LogP contribution in [0.5, 0.6) is 0 Å². The summed E-state index contributed by atoms with van der Waals surface area (Å²) in [6.45, 7) is 4.96. The van der Waals surface area contributed by atoms with Crippen LogP contribution in [0, 0.1) is 0 Å². The van der Waals surface area contributed by atoms with Crippen molar-refractivity contribution < 1.29 is 24.5 Å². The summed E-state index contributed by atoms with van der Waals surface area (Å²) in [5, 5.41) is 23.2. The number of allylic oxidation sites excluding steroid dienone is 2. The summed E-state index contributed by atoms with van der Waals surface area (Å²) >= 11 is 0. The van der Waals surface area contributed by atoms with Gasteiger partial charge in [-0.25, -0.2) is 0 Å². The predicted molar refractivity (Wildman–Crippen MR) is 306 cm³/mol. The quantitative estimate of drug-likeness (QED) is 0.0321. The molecule has 0 aromatic carbocycles. The zero-order valence-corrected chi connectivity index (χ0v) is 47.5. The van der Waals surface area contributed by atoms with E-state index in [9.17, 15) is 19.8 Å². The van der Waals surface area contributed by atoms with Crippen molar-refractivity contribution in [2.75, 3.05) is 13.2 Å². The van der Waals surface area contributed by atoms with E-state index < -0.39 is 12.1 Å². The molecule has 0 saturated carbocycles. The highest BCUT2D eigenvalue weighted by Gasteiger charge is 2.20. The van der Waals surface area contributed by atoms with Crippen LogP contribution in [-0.2, 0) is 14.3 Å². The number of aliphatic hydroxyl groups excluding tert-OH is 2. The topological polar surface area (TPSA) is 95.9 Å². The standard InChI is InChI=1S/C64H125NO5/c1-3-5-7-9-11-13-15-38-42-46-50-54-58-64(69)70-59-55-51-47-43-39-36-34-32-30-28-26-24-22-20-18-16-17-19-21-23-25-27-29-31-33-35-37-41-45-49-53-57-63(68)65-61(60-66)62(67)56-52-48-44-40-14-12-10-8-6-4-2/h18,20,61-62,66-67H,3-17,19,21-60H2,1-2H3,(H,65,68)/b20-18-. The average Bonchev–Trinajstić information content (AvgIpc) is 3.36. The average molecular weight is 989 g/mol. The van der Waals surface area contributed by atoms with Crippen LogP contribution in [0.1, 0.15) is 361 Å². The second-order valence-electron chi connectivity index (χ2n) is 22.1. The number of rotatable bonds is 60. The highest BCUT2D eigenvalue weighted by Crippen LogP contribution is 2.18. The molecule has 0 aliphatic rings. The molecule has 2 unspecified atom stereocenters. The van der Waals surface area contributed by atoms with Gasteiger partial charge in [-0.3, -0.25) is 9.59 Å².